The summed E-state index contributed by atoms with van der Waals surface area (Å²) in [5.74, 6) is 2.53. The van der Waals surface area contributed by atoms with Gasteiger partial charge in [0.25, 0.3) is 0 Å². The van der Waals surface area contributed by atoms with E-state index in [1.807, 2.05) is 6.20 Å². The summed E-state index contributed by atoms with van der Waals surface area (Å²) in [7, 11) is 0. The Labute approximate surface area is 138 Å². The molecule has 0 spiro atoms. The zero-order chi connectivity index (χ0) is 15.8. The molecule has 1 saturated carbocycles. The van der Waals surface area contributed by atoms with Crippen LogP contribution in [0.3, 0.4) is 0 Å². The molecule has 4 fully saturated rings. The van der Waals surface area contributed by atoms with Crippen LogP contribution in [-0.4, -0.2) is 50.9 Å². The first-order valence-corrected chi connectivity index (χ1v) is 9.27. The normalized spacial score (nSPS) is 28.9. The molecule has 1 amide bonds. The van der Waals surface area contributed by atoms with Crippen LogP contribution >= 0.6 is 0 Å². The molecule has 4 heterocycles. The Balaban J connectivity index is 1.47. The first kappa shape index (κ1) is 15.2. The first-order valence-electron chi connectivity index (χ1n) is 9.27. The van der Waals surface area contributed by atoms with Crippen LogP contribution in [0.1, 0.15) is 44.9 Å². The summed E-state index contributed by atoms with van der Waals surface area (Å²) in [6.07, 6.45) is 10.2. The van der Waals surface area contributed by atoms with E-state index in [-0.39, 0.29) is 5.92 Å². The average Bonchev–Trinajstić information content (AvgIpc) is 2.78. The summed E-state index contributed by atoms with van der Waals surface area (Å²) in [4.78, 5) is 22.1. The lowest BCUT2D eigenvalue weighted by Crippen LogP contribution is -2.50. The lowest BCUT2D eigenvalue weighted by molar-refractivity contribution is -0.141. The van der Waals surface area contributed by atoms with Crippen molar-refractivity contribution in [3.05, 3.63) is 18.2 Å². The largest absolute Gasteiger partial charge is 0.338 e. The van der Waals surface area contributed by atoms with Crippen molar-refractivity contribution in [2.24, 2.45) is 11.8 Å². The monoisotopic (exact) mass is 316 g/mol. The predicted molar refractivity (Wildman–Crippen MR) is 88.7 cm³/mol. The minimum atomic E-state index is 0.207. The maximum atomic E-state index is 12.8. The molecule has 4 aliphatic rings. The highest BCUT2D eigenvalue weighted by Gasteiger charge is 2.41. The lowest BCUT2D eigenvalue weighted by Gasteiger charge is -2.40. The van der Waals surface area contributed by atoms with Crippen LogP contribution in [0, 0.1) is 11.8 Å². The summed E-state index contributed by atoms with van der Waals surface area (Å²) >= 11 is 0. The molecule has 0 aromatic carbocycles. The molecule has 1 aromatic rings. The average molecular weight is 316 g/mol. The Hall–Kier alpha value is -1.36. The Morgan fingerprint density at radius 3 is 2.83 bits per heavy atom. The van der Waals surface area contributed by atoms with Crippen LogP contribution in [0.5, 0.6) is 0 Å². The van der Waals surface area contributed by atoms with Crippen molar-refractivity contribution in [1.29, 1.82) is 0 Å². The van der Waals surface area contributed by atoms with Gasteiger partial charge in [0.05, 0.1) is 12.5 Å². The summed E-state index contributed by atoms with van der Waals surface area (Å²) < 4.78 is 2.21. The molecule has 3 saturated heterocycles. The molecule has 0 unspecified atom stereocenters. The second-order valence-electron chi connectivity index (χ2n) is 7.54. The molecule has 1 aromatic heterocycles. The number of aryl methyl sites for hydroxylation is 1. The fourth-order valence-corrected chi connectivity index (χ4v) is 4.43. The number of fused-ring (bicyclic) bond motifs is 4. The zero-order valence-corrected chi connectivity index (χ0v) is 14.2. The molecular weight excluding hydrogens is 288 g/mol. The summed E-state index contributed by atoms with van der Waals surface area (Å²) in [6.45, 7) is 6.93. The summed E-state index contributed by atoms with van der Waals surface area (Å²) in [6, 6.07) is 0.423. The van der Waals surface area contributed by atoms with Gasteiger partial charge in [-0.1, -0.05) is 6.42 Å². The SMILES string of the molecule is CCn1ccnc1CN1C[C@@H]2CC[C@H](C1)N(CC1CCC1)C2=O. The van der Waals surface area contributed by atoms with Gasteiger partial charge in [-0.05, 0) is 38.5 Å². The number of carbonyl (C=O) groups is 1. The van der Waals surface area contributed by atoms with E-state index >= 15 is 0 Å². The van der Waals surface area contributed by atoms with E-state index < -0.39 is 0 Å². The number of hydrogen-bond donors (Lipinski definition) is 0. The molecule has 0 radical (unpaired) electrons. The predicted octanol–water partition coefficient (Wildman–Crippen LogP) is 2.13. The van der Waals surface area contributed by atoms with Crippen molar-refractivity contribution in [3.8, 4) is 0 Å². The molecule has 2 bridgehead atoms. The van der Waals surface area contributed by atoms with E-state index in [4.69, 9.17) is 0 Å². The fourth-order valence-electron chi connectivity index (χ4n) is 4.43. The zero-order valence-electron chi connectivity index (χ0n) is 14.2. The van der Waals surface area contributed by atoms with Crippen molar-refractivity contribution in [1.82, 2.24) is 19.4 Å². The highest BCUT2D eigenvalue weighted by atomic mass is 16.2. The van der Waals surface area contributed by atoms with E-state index in [9.17, 15) is 4.79 Å². The van der Waals surface area contributed by atoms with Crippen LogP contribution in [0.2, 0.25) is 0 Å². The van der Waals surface area contributed by atoms with E-state index in [1.165, 1.54) is 25.7 Å². The molecule has 2 atom stereocenters. The van der Waals surface area contributed by atoms with Gasteiger partial charge in [0.1, 0.15) is 5.82 Å². The van der Waals surface area contributed by atoms with Gasteiger partial charge in [0, 0.05) is 44.6 Å². The summed E-state index contributed by atoms with van der Waals surface area (Å²) in [5.41, 5.74) is 0. The quantitative estimate of drug-likeness (QED) is 0.835. The maximum absolute atomic E-state index is 12.8. The maximum Gasteiger partial charge on any atom is 0.227 e. The van der Waals surface area contributed by atoms with Crippen molar-refractivity contribution in [2.45, 2.75) is 58.2 Å². The third-order valence-corrected chi connectivity index (χ3v) is 6.06. The van der Waals surface area contributed by atoms with Gasteiger partial charge in [-0.2, -0.15) is 0 Å². The molecular formula is C18H28N4O. The Morgan fingerprint density at radius 1 is 1.22 bits per heavy atom. The van der Waals surface area contributed by atoms with Gasteiger partial charge in [-0.15, -0.1) is 0 Å². The minimum absolute atomic E-state index is 0.207. The number of hydrogen-bond acceptors (Lipinski definition) is 3. The van der Waals surface area contributed by atoms with Crippen LogP contribution in [0.25, 0.3) is 0 Å². The van der Waals surface area contributed by atoms with Gasteiger partial charge in [-0.25, -0.2) is 4.98 Å². The van der Waals surface area contributed by atoms with Crippen molar-refractivity contribution in [2.75, 3.05) is 19.6 Å². The molecule has 5 nitrogen and oxygen atoms in total. The molecule has 5 rings (SSSR count). The highest BCUT2D eigenvalue weighted by Crippen LogP contribution is 2.34. The molecule has 0 N–H and O–H groups in total. The van der Waals surface area contributed by atoms with Gasteiger partial charge in [0.2, 0.25) is 5.91 Å². The van der Waals surface area contributed by atoms with E-state index in [0.717, 1.165) is 50.9 Å². The lowest BCUT2D eigenvalue weighted by atomic mass is 9.83. The standard InChI is InChI=1S/C18H28N4O/c1-2-21-9-8-19-17(21)13-20-11-15-6-7-16(12-20)22(18(15)23)10-14-4-3-5-14/h8-9,14-16H,2-7,10-13H2,1H3/t15-,16+/m0/s1. The van der Waals surface area contributed by atoms with Crippen LogP contribution in [-0.2, 0) is 17.9 Å². The van der Waals surface area contributed by atoms with Gasteiger partial charge < -0.3 is 9.47 Å². The third-order valence-electron chi connectivity index (χ3n) is 6.06. The molecule has 5 heteroatoms. The van der Waals surface area contributed by atoms with Gasteiger partial charge in [0.15, 0.2) is 0 Å². The topological polar surface area (TPSA) is 41.4 Å². The molecule has 126 valence electrons. The van der Waals surface area contributed by atoms with Crippen molar-refractivity contribution >= 4 is 5.91 Å². The first-order chi connectivity index (χ1) is 11.2. The van der Waals surface area contributed by atoms with Gasteiger partial charge >= 0.3 is 0 Å². The minimum Gasteiger partial charge on any atom is -0.338 e. The summed E-state index contributed by atoms with van der Waals surface area (Å²) in [5, 5.41) is 0. The molecule has 3 aliphatic heterocycles. The number of piperidine rings is 1. The smallest absolute Gasteiger partial charge is 0.227 e. The second-order valence-corrected chi connectivity index (χ2v) is 7.54. The Bertz CT molecular complexity index is 565. The molecule has 23 heavy (non-hydrogen) atoms. The Morgan fingerprint density at radius 2 is 2.09 bits per heavy atom. The van der Waals surface area contributed by atoms with E-state index in [1.54, 1.807) is 0 Å². The van der Waals surface area contributed by atoms with Crippen LogP contribution < -0.4 is 0 Å². The Kier molecular flexibility index (Phi) is 4.14. The van der Waals surface area contributed by atoms with Crippen LogP contribution in [0.15, 0.2) is 12.4 Å². The van der Waals surface area contributed by atoms with Gasteiger partial charge in [-0.3, -0.25) is 9.69 Å². The second kappa shape index (κ2) is 6.27. The number of nitrogens with zero attached hydrogens (tertiary/aromatic N) is 4. The van der Waals surface area contributed by atoms with E-state index in [2.05, 4.69) is 32.5 Å². The van der Waals surface area contributed by atoms with Crippen molar-refractivity contribution < 1.29 is 4.79 Å². The number of imidazole rings is 1. The number of aromatic nitrogens is 2. The number of carbonyl (C=O) groups excluding carboxylic acids is 1. The number of amides is 1. The third kappa shape index (κ3) is 2.91. The van der Waals surface area contributed by atoms with E-state index in [0.29, 0.717) is 11.9 Å². The number of rotatable bonds is 5. The fraction of sp³-hybridized carbons (Fsp3) is 0.778. The highest BCUT2D eigenvalue weighted by molar-refractivity contribution is 5.80. The van der Waals surface area contributed by atoms with Crippen LogP contribution in [0.4, 0.5) is 0 Å². The molecule has 1 aliphatic carbocycles. The van der Waals surface area contributed by atoms with Crippen molar-refractivity contribution in [3.63, 3.8) is 0 Å².